The molecular formula is C20H23Cl2N3O. The predicted octanol–water partition coefficient (Wildman–Crippen LogP) is 4.86. The van der Waals surface area contributed by atoms with Crippen molar-refractivity contribution in [2.24, 2.45) is 11.1 Å². The van der Waals surface area contributed by atoms with Crippen LogP contribution in [0.3, 0.4) is 0 Å². The first kappa shape index (κ1) is 17.9. The van der Waals surface area contributed by atoms with Crippen LogP contribution in [0.15, 0.2) is 30.5 Å². The number of benzene rings is 1. The first-order valence-electron chi connectivity index (χ1n) is 9.14. The number of piperidine rings is 1. The van der Waals surface area contributed by atoms with E-state index in [1.165, 1.54) is 12.8 Å². The Morgan fingerprint density at radius 2 is 1.96 bits per heavy atom. The summed E-state index contributed by atoms with van der Waals surface area (Å²) in [5, 5.41) is 11.4. The third-order valence-corrected chi connectivity index (χ3v) is 6.98. The highest BCUT2D eigenvalue weighted by molar-refractivity contribution is 6.43. The van der Waals surface area contributed by atoms with E-state index in [1.54, 1.807) is 24.4 Å². The van der Waals surface area contributed by atoms with Crippen molar-refractivity contribution in [3.8, 4) is 17.0 Å². The molecule has 1 saturated carbocycles. The standard InChI is InChI=1S/C20H23Cl2N3O/c21-15-4-1-3-14(18(15)22)19-16(26)11-13(12-24-19)25-9-7-20(8-10-25)6-2-5-17(20)23/h1,3-4,11-12,17,26H,2,5-10,23H2/t17-/m1/s1. The van der Waals surface area contributed by atoms with Gasteiger partial charge in [0.1, 0.15) is 11.4 Å². The van der Waals surface area contributed by atoms with E-state index in [0.717, 1.165) is 38.0 Å². The number of nitrogens with zero attached hydrogens (tertiary/aromatic N) is 2. The van der Waals surface area contributed by atoms with Crippen LogP contribution >= 0.6 is 23.2 Å². The molecule has 4 rings (SSSR count). The monoisotopic (exact) mass is 391 g/mol. The van der Waals surface area contributed by atoms with E-state index < -0.39 is 0 Å². The van der Waals surface area contributed by atoms with Crippen LogP contribution in [0.5, 0.6) is 5.75 Å². The Morgan fingerprint density at radius 1 is 1.19 bits per heavy atom. The van der Waals surface area contributed by atoms with Gasteiger partial charge in [-0.25, -0.2) is 0 Å². The Bertz CT molecular complexity index is 819. The molecular weight excluding hydrogens is 369 g/mol. The van der Waals surface area contributed by atoms with Crippen molar-refractivity contribution in [3.63, 3.8) is 0 Å². The largest absolute Gasteiger partial charge is 0.506 e. The highest BCUT2D eigenvalue weighted by Gasteiger charge is 2.42. The Morgan fingerprint density at radius 3 is 2.62 bits per heavy atom. The van der Waals surface area contributed by atoms with Crippen molar-refractivity contribution in [3.05, 3.63) is 40.5 Å². The lowest BCUT2D eigenvalue weighted by molar-refractivity contribution is 0.198. The molecule has 1 aliphatic carbocycles. The second-order valence-corrected chi connectivity index (χ2v) is 8.30. The third-order valence-electron chi connectivity index (χ3n) is 6.16. The third kappa shape index (κ3) is 3.04. The molecule has 0 bridgehead atoms. The topological polar surface area (TPSA) is 62.4 Å². The normalized spacial score (nSPS) is 22.1. The zero-order valence-corrected chi connectivity index (χ0v) is 16.1. The van der Waals surface area contributed by atoms with Gasteiger partial charge in [0.05, 0.1) is 21.9 Å². The summed E-state index contributed by atoms with van der Waals surface area (Å²) >= 11 is 12.3. The van der Waals surface area contributed by atoms with E-state index in [-0.39, 0.29) is 5.75 Å². The molecule has 0 unspecified atom stereocenters. The predicted molar refractivity (Wildman–Crippen MR) is 107 cm³/mol. The number of aromatic hydroxyl groups is 1. The molecule has 1 saturated heterocycles. The zero-order chi connectivity index (χ0) is 18.3. The van der Waals surface area contributed by atoms with Crippen LogP contribution in [0.4, 0.5) is 5.69 Å². The molecule has 0 radical (unpaired) electrons. The van der Waals surface area contributed by atoms with Crippen LogP contribution in [-0.4, -0.2) is 29.2 Å². The smallest absolute Gasteiger partial charge is 0.143 e. The van der Waals surface area contributed by atoms with E-state index in [1.807, 2.05) is 6.07 Å². The van der Waals surface area contributed by atoms with Crippen LogP contribution in [0.25, 0.3) is 11.3 Å². The number of pyridine rings is 1. The molecule has 6 heteroatoms. The minimum atomic E-state index is 0.115. The van der Waals surface area contributed by atoms with Crippen LogP contribution in [0.2, 0.25) is 10.0 Å². The van der Waals surface area contributed by atoms with Crippen LogP contribution in [0, 0.1) is 5.41 Å². The molecule has 26 heavy (non-hydrogen) atoms. The Kier molecular flexibility index (Phi) is 4.76. The number of hydrogen-bond acceptors (Lipinski definition) is 4. The number of halogens is 2. The molecule has 3 N–H and O–H groups in total. The number of aromatic nitrogens is 1. The van der Waals surface area contributed by atoms with E-state index in [4.69, 9.17) is 28.9 Å². The fourth-order valence-corrected chi connectivity index (χ4v) is 4.90. The minimum Gasteiger partial charge on any atom is -0.506 e. The quantitative estimate of drug-likeness (QED) is 0.766. The molecule has 2 aromatic rings. The van der Waals surface area contributed by atoms with Gasteiger partial charge in [0.2, 0.25) is 0 Å². The maximum atomic E-state index is 10.5. The van der Waals surface area contributed by atoms with Gasteiger partial charge in [0, 0.05) is 30.8 Å². The van der Waals surface area contributed by atoms with E-state index >= 15 is 0 Å². The number of hydrogen-bond donors (Lipinski definition) is 2. The van der Waals surface area contributed by atoms with Gasteiger partial charge < -0.3 is 15.7 Å². The molecule has 1 aromatic heterocycles. The highest BCUT2D eigenvalue weighted by atomic mass is 35.5. The first-order chi connectivity index (χ1) is 12.5. The van der Waals surface area contributed by atoms with Gasteiger partial charge in [0.15, 0.2) is 0 Å². The van der Waals surface area contributed by atoms with Crippen LogP contribution < -0.4 is 10.6 Å². The zero-order valence-electron chi connectivity index (χ0n) is 14.6. The maximum Gasteiger partial charge on any atom is 0.143 e. The number of anilines is 1. The Balaban J connectivity index is 1.55. The summed E-state index contributed by atoms with van der Waals surface area (Å²) in [6, 6.07) is 7.43. The summed E-state index contributed by atoms with van der Waals surface area (Å²) in [6.07, 6.45) is 7.67. The number of rotatable bonds is 2. The maximum absolute atomic E-state index is 10.5. The van der Waals surface area contributed by atoms with Gasteiger partial charge in [-0.3, -0.25) is 4.98 Å². The summed E-state index contributed by atoms with van der Waals surface area (Å²) in [5.41, 5.74) is 8.71. The van der Waals surface area contributed by atoms with Crippen molar-refractivity contribution in [1.82, 2.24) is 4.98 Å². The Labute approximate surface area is 163 Å². The van der Waals surface area contributed by atoms with Gasteiger partial charge in [-0.15, -0.1) is 0 Å². The Hall–Kier alpha value is -1.49. The summed E-state index contributed by atoms with van der Waals surface area (Å²) in [6.45, 7) is 1.90. The molecule has 0 amide bonds. The van der Waals surface area contributed by atoms with Crippen molar-refractivity contribution >= 4 is 28.9 Å². The summed E-state index contributed by atoms with van der Waals surface area (Å²) in [5.74, 6) is 0.115. The molecule has 138 valence electrons. The SMILES string of the molecule is N[C@@H]1CCCC12CCN(c1cnc(-c3cccc(Cl)c3Cl)c(O)c1)CC2. The van der Waals surface area contributed by atoms with Gasteiger partial charge in [-0.05, 0) is 37.2 Å². The molecule has 1 aliphatic heterocycles. The summed E-state index contributed by atoms with van der Waals surface area (Å²) in [7, 11) is 0. The van der Waals surface area contributed by atoms with Gasteiger partial charge in [-0.1, -0.05) is 41.8 Å². The molecule has 2 heterocycles. The average Bonchev–Trinajstić information content (AvgIpc) is 2.98. The van der Waals surface area contributed by atoms with Gasteiger partial charge in [-0.2, -0.15) is 0 Å². The van der Waals surface area contributed by atoms with Crippen LogP contribution in [-0.2, 0) is 0 Å². The number of nitrogens with two attached hydrogens (primary N) is 1. The van der Waals surface area contributed by atoms with Crippen molar-refractivity contribution in [2.45, 2.75) is 38.1 Å². The van der Waals surface area contributed by atoms with Crippen molar-refractivity contribution in [1.29, 1.82) is 0 Å². The molecule has 1 aromatic carbocycles. The second kappa shape index (κ2) is 6.91. The summed E-state index contributed by atoms with van der Waals surface area (Å²) in [4.78, 5) is 6.75. The second-order valence-electron chi connectivity index (χ2n) is 7.51. The molecule has 2 aliphatic rings. The first-order valence-corrected chi connectivity index (χ1v) is 9.90. The minimum absolute atomic E-state index is 0.115. The van der Waals surface area contributed by atoms with E-state index in [9.17, 15) is 5.11 Å². The van der Waals surface area contributed by atoms with Gasteiger partial charge in [0.25, 0.3) is 0 Å². The molecule has 1 spiro atoms. The van der Waals surface area contributed by atoms with Crippen molar-refractivity contribution < 1.29 is 5.11 Å². The molecule has 2 fully saturated rings. The summed E-state index contributed by atoms with van der Waals surface area (Å²) < 4.78 is 0. The molecule has 1 atom stereocenters. The lowest BCUT2D eigenvalue weighted by Crippen LogP contribution is -2.46. The van der Waals surface area contributed by atoms with E-state index in [2.05, 4.69) is 9.88 Å². The van der Waals surface area contributed by atoms with Crippen molar-refractivity contribution in [2.75, 3.05) is 18.0 Å². The fourth-order valence-electron chi connectivity index (χ4n) is 4.51. The van der Waals surface area contributed by atoms with Gasteiger partial charge >= 0.3 is 0 Å². The highest BCUT2D eigenvalue weighted by Crippen LogP contribution is 2.46. The average molecular weight is 392 g/mol. The lowest BCUT2D eigenvalue weighted by Gasteiger charge is -2.43. The lowest BCUT2D eigenvalue weighted by atomic mass is 9.74. The molecule has 4 nitrogen and oxygen atoms in total. The van der Waals surface area contributed by atoms with E-state index in [0.29, 0.717) is 32.8 Å². The fraction of sp³-hybridized carbons (Fsp3) is 0.450. The van der Waals surface area contributed by atoms with Crippen LogP contribution in [0.1, 0.15) is 32.1 Å².